The van der Waals surface area contributed by atoms with Crippen molar-refractivity contribution in [2.75, 3.05) is 0 Å². The summed E-state index contributed by atoms with van der Waals surface area (Å²) in [5.41, 5.74) is 1.16. The Bertz CT molecular complexity index is 629. The van der Waals surface area contributed by atoms with Gasteiger partial charge in [-0.15, -0.1) is 0 Å². The monoisotopic (exact) mass is 286 g/mol. The Labute approximate surface area is 123 Å². The van der Waals surface area contributed by atoms with Gasteiger partial charge < -0.3 is 0 Å². The van der Waals surface area contributed by atoms with Crippen LogP contribution in [0.25, 0.3) is 0 Å². The number of benzene rings is 1. The minimum atomic E-state index is -0.381. The SMILES string of the molecule is O=C(Cc1ccn(C2CCCCC2)n1)c1cccc(F)c1. The van der Waals surface area contributed by atoms with Crippen molar-refractivity contribution < 1.29 is 9.18 Å². The third-order valence-corrected chi connectivity index (χ3v) is 4.10. The van der Waals surface area contributed by atoms with Gasteiger partial charge in [0.15, 0.2) is 5.78 Å². The molecule has 1 aliphatic carbocycles. The quantitative estimate of drug-likeness (QED) is 0.798. The number of hydrogen-bond donors (Lipinski definition) is 0. The fourth-order valence-corrected chi connectivity index (χ4v) is 2.95. The summed E-state index contributed by atoms with van der Waals surface area (Å²) in [5, 5.41) is 4.52. The van der Waals surface area contributed by atoms with Crippen molar-refractivity contribution in [3.8, 4) is 0 Å². The molecule has 0 radical (unpaired) electrons. The third kappa shape index (κ3) is 3.38. The molecule has 1 fully saturated rings. The van der Waals surface area contributed by atoms with Gasteiger partial charge in [-0.2, -0.15) is 5.10 Å². The molecule has 21 heavy (non-hydrogen) atoms. The Hall–Kier alpha value is -1.97. The van der Waals surface area contributed by atoms with Gasteiger partial charge in [0.05, 0.1) is 18.2 Å². The number of rotatable bonds is 4. The summed E-state index contributed by atoms with van der Waals surface area (Å²) in [6.45, 7) is 0. The fraction of sp³-hybridized carbons (Fsp3) is 0.412. The van der Waals surface area contributed by atoms with Crippen molar-refractivity contribution >= 4 is 5.78 Å². The lowest BCUT2D eigenvalue weighted by Gasteiger charge is -2.21. The number of aromatic nitrogens is 2. The minimum absolute atomic E-state index is 0.0941. The fourth-order valence-electron chi connectivity index (χ4n) is 2.95. The number of carbonyl (C=O) groups is 1. The van der Waals surface area contributed by atoms with Crippen LogP contribution in [0, 0.1) is 5.82 Å². The molecule has 110 valence electrons. The van der Waals surface area contributed by atoms with E-state index < -0.39 is 0 Å². The first-order valence-corrected chi connectivity index (χ1v) is 7.55. The Morgan fingerprint density at radius 1 is 1.24 bits per heavy atom. The normalized spacial score (nSPS) is 16.0. The van der Waals surface area contributed by atoms with E-state index in [0.29, 0.717) is 11.6 Å². The topological polar surface area (TPSA) is 34.9 Å². The summed E-state index contributed by atoms with van der Waals surface area (Å²) in [4.78, 5) is 12.1. The molecule has 1 saturated carbocycles. The third-order valence-electron chi connectivity index (χ3n) is 4.10. The molecular formula is C17H19FN2O. The first-order chi connectivity index (χ1) is 10.2. The van der Waals surface area contributed by atoms with Crippen LogP contribution in [0.15, 0.2) is 36.5 Å². The minimum Gasteiger partial charge on any atom is -0.294 e. The lowest BCUT2D eigenvalue weighted by Crippen LogP contribution is -2.14. The standard InChI is InChI=1S/C17H19FN2O/c18-14-6-4-5-13(11-14)17(21)12-15-9-10-20(19-15)16-7-2-1-3-8-16/h4-6,9-11,16H,1-3,7-8,12H2. The molecule has 1 aromatic carbocycles. The van der Waals surface area contributed by atoms with Gasteiger partial charge in [-0.05, 0) is 31.0 Å². The van der Waals surface area contributed by atoms with Crippen LogP contribution in [0.1, 0.15) is 54.2 Å². The first kappa shape index (κ1) is 14.0. The molecule has 4 heteroatoms. The predicted octanol–water partition coefficient (Wildman–Crippen LogP) is 3.95. The first-order valence-electron chi connectivity index (χ1n) is 7.55. The average molecular weight is 286 g/mol. The maximum atomic E-state index is 13.1. The van der Waals surface area contributed by atoms with Gasteiger partial charge in [0.1, 0.15) is 5.82 Å². The second kappa shape index (κ2) is 6.20. The molecule has 0 atom stereocenters. The van der Waals surface area contributed by atoms with Crippen LogP contribution < -0.4 is 0 Å². The summed E-state index contributed by atoms with van der Waals surface area (Å²) >= 11 is 0. The summed E-state index contributed by atoms with van der Waals surface area (Å²) in [7, 11) is 0. The van der Waals surface area contributed by atoms with Gasteiger partial charge >= 0.3 is 0 Å². The molecule has 3 nitrogen and oxygen atoms in total. The molecule has 0 spiro atoms. The largest absolute Gasteiger partial charge is 0.294 e. The van der Waals surface area contributed by atoms with E-state index >= 15 is 0 Å². The molecule has 1 aromatic heterocycles. The van der Waals surface area contributed by atoms with Crippen molar-refractivity contribution in [1.29, 1.82) is 0 Å². The molecular weight excluding hydrogens is 267 g/mol. The molecule has 1 aliphatic rings. The number of nitrogens with zero attached hydrogens (tertiary/aromatic N) is 2. The van der Waals surface area contributed by atoms with Crippen molar-refractivity contribution in [2.24, 2.45) is 0 Å². The second-order valence-electron chi connectivity index (χ2n) is 5.69. The Morgan fingerprint density at radius 3 is 2.81 bits per heavy atom. The molecule has 0 bridgehead atoms. The molecule has 0 N–H and O–H groups in total. The van der Waals surface area contributed by atoms with Gasteiger partial charge in [0.25, 0.3) is 0 Å². The molecule has 0 aliphatic heterocycles. The van der Waals surface area contributed by atoms with E-state index in [1.807, 2.05) is 16.9 Å². The van der Waals surface area contributed by atoms with Crippen LogP contribution in [0.5, 0.6) is 0 Å². The molecule has 0 amide bonds. The van der Waals surface area contributed by atoms with E-state index in [-0.39, 0.29) is 18.0 Å². The highest BCUT2D eigenvalue weighted by molar-refractivity contribution is 5.97. The van der Waals surface area contributed by atoms with Crippen LogP contribution in [0.4, 0.5) is 4.39 Å². The maximum Gasteiger partial charge on any atom is 0.168 e. The molecule has 2 aromatic rings. The van der Waals surface area contributed by atoms with E-state index in [1.165, 1.54) is 44.2 Å². The average Bonchev–Trinajstić information content (AvgIpc) is 2.97. The zero-order valence-corrected chi connectivity index (χ0v) is 12.0. The zero-order chi connectivity index (χ0) is 14.7. The van der Waals surface area contributed by atoms with E-state index in [9.17, 15) is 9.18 Å². The van der Waals surface area contributed by atoms with Crippen LogP contribution in [-0.4, -0.2) is 15.6 Å². The van der Waals surface area contributed by atoms with Crippen LogP contribution in [0.2, 0.25) is 0 Å². The van der Waals surface area contributed by atoms with Crippen molar-refractivity contribution in [2.45, 2.75) is 44.6 Å². The second-order valence-corrected chi connectivity index (χ2v) is 5.69. The van der Waals surface area contributed by atoms with Crippen LogP contribution >= 0.6 is 0 Å². The lowest BCUT2D eigenvalue weighted by atomic mass is 9.96. The van der Waals surface area contributed by atoms with Gasteiger partial charge in [0, 0.05) is 11.8 Å². The van der Waals surface area contributed by atoms with E-state index in [4.69, 9.17) is 0 Å². The molecule has 3 rings (SSSR count). The summed E-state index contributed by atoms with van der Waals surface area (Å²) in [5.74, 6) is -0.475. The van der Waals surface area contributed by atoms with Gasteiger partial charge in [-0.3, -0.25) is 9.48 Å². The highest BCUT2D eigenvalue weighted by Gasteiger charge is 2.17. The van der Waals surface area contributed by atoms with Gasteiger partial charge in [-0.1, -0.05) is 31.4 Å². The molecule has 0 saturated heterocycles. The lowest BCUT2D eigenvalue weighted by molar-refractivity contribution is 0.0991. The van der Waals surface area contributed by atoms with E-state index in [2.05, 4.69) is 5.10 Å². The van der Waals surface area contributed by atoms with Crippen molar-refractivity contribution in [1.82, 2.24) is 9.78 Å². The van der Waals surface area contributed by atoms with E-state index in [1.54, 1.807) is 12.1 Å². The van der Waals surface area contributed by atoms with E-state index in [0.717, 1.165) is 5.69 Å². The van der Waals surface area contributed by atoms with Crippen molar-refractivity contribution in [3.05, 3.63) is 53.6 Å². The Kier molecular flexibility index (Phi) is 4.13. The number of carbonyl (C=O) groups excluding carboxylic acids is 1. The molecule has 1 heterocycles. The number of Topliss-reactive ketones (excluding diaryl/α,β-unsaturated/α-hetero) is 1. The molecule has 0 unspecified atom stereocenters. The van der Waals surface area contributed by atoms with Gasteiger partial charge in [-0.25, -0.2) is 4.39 Å². The van der Waals surface area contributed by atoms with Crippen LogP contribution in [0.3, 0.4) is 0 Å². The van der Waals surface area contributed by atoms with Crippen molar-refractivity contribution in [3.63, 3.8) is 0 Å². The summed E-state index contributed by atoms with van der Waals surface area (Å²) in [6.07, 6.45) is 8.33. The van der Waals surface area contributed by atoms with Crippen LogP contribution in [-0.2, 0) is 6.42 Å². The highest BCUT2D eigenvalue weighted by Crippen LogP contribution is 2.27. The van der Waals surface area contributed by atoms with Gasteiger partial charge in [0.2, 0.25) is 0 Å². The smallest absolute Gasteiger partial charge is 0.168 e. The summed E-state index contributed by atoms with van der Waals surface area (Å²) < 4.78 is 15.1. The number of halogens is 1. The summed E-state index contributed by atoms with van der Waals surface area (Å²) in [6, 6.07) is 8.19. The zero-order valence-electron chi connectivity index (χ0n) is 12.0. The Morgan fingerprint density at radius 2 is 2.05 bits per heavy atom. The maximum absolute atomic E-state index is 13.1. The predicted molar refractivity (Wildman–Crippen MR) is 78.8 cm³/mol. The number of hydrogen-bond acceptors (Lipinski definition) is 2. The highest BCUT2D eigenvalue weighted by atomic mass is 19.1. The Balaban J connectivity index is 1.68. The number of ketones is 1.